The van der Waals surface area contributed by atoms with Crippen LogP contribution >= 0.6 is 0 Å². The van der Waals surface area contributed by atoms with Crippen molar-refractivity contribution >= 4 is 17.1 Å². The van der Waals surface area contributed by atoms with Crippen LogP contribution in [0.4, 0.5) is 43.4 Å². The SMILES string of the molecule is C=CCN(c1ccc(C#N)c(C(F)(F)F)c1)C(C)(C)C.CC(C)(C)N(CC1CC1)c1ccc([N+](=O)[O-])c(C(F)(F)F)c1. The second-order valence-corrected chi connectivity index (χ2v) is 12.1. The molecule has 12 heteroatoms. The summed E-state index contributed by atoms with van der Waals surface area (Å²) < 4.78 is 78.2. The van der Waals surface area contributed by atoms with E-state index in [1.165, 1.54) is 18.2 Å². The van der Waals surface area contributed by atoms with Crippen LogP contribution in [0.3, 0.4) is 0 Å². The van der Waals surface area contributed by atoms with Crippen molar-refractivity contribution in [1.29, 1.82) is 5.26 Å². The fraction of sp³-hybridized carbons (Fsp3) is 0.500. The van der Waals surface area contributed by atoms with Crippen LogP contribution in [0.15, 0.2) is 49.1 Å². The van der Waals surface area contributed by atoms with Crippen LogP contribution in [-0.2, 0) is 12.4 Å². The molecule has 0 atom stereocenters. The summed E-state index contributed by atoms with van der Waals surface area (Å²) >= 11 is 0. The lowest BCUT2D eigenvalue weighted by atomic mass is 10.0. The van der Waals surface area contributed by atoms with Gasteiger partial charge in [-0.3, -0.25) is 10.1 Å². The average molecular weight is 599 g/mol. The smallest absolute Gasteiger partial charge is 0.366 e. The Kier molecular flexibility index (Phi) is 10.4. The molecule has 1 aliphatic rings. The highest BCUT2D eigenvalue weighted by Crippen LogP contribution is 2.41. The molecule has 0 aromatic heterocycles. The lowest BCUT2D eigenvalue weighted by Gasteiger charge is -2.38. The number of rotatable bonds is 7. The van der Waals surface area contributed by atoms with E-state index in [9.17, 15) is 36.5 Å². The van der Waals surface area contributed by atoms with Gasteiger partial charge in [0, 0.05) is 41.6 Å². The van der Waals surface area contributed by atoms with Crippen LogP contribution in [0, 0.1) is 27.4 Å². The normalized spacial score (nSPS) is 13.9. The molecule has 0 aliphatic heterocycles. The van der Waals surface area contributed by atoms with Crippen LogP contribution in [0.1, 0.15) is 71.1 Å². The van der Waals surface area contributed by atoms with Gasteiger partial charge in [0.25, 0.3) is 5.69 Å². The van der Waals surface area contributed by atoms with E-state index in [1.54, 1.807) is 17.0 Å². The Balaban J connectivity index is 0.000000295. The maximum absolute atomic E-state index is 13.1. The molecular weight excluding hydrogens is 562 g/mol. The van der Waals surface area contributed by atoms with Crippen molar-refractivity contribution in [2.45, 2.75) is 77.8 Å². The van der Waals surface area contributed by atoms with Crippen molar-refractivity contribution in [3.63, 3.8) is 0 Å². The minimum Gasteiger partial charge on any atom is -0.366 e. The van der Waals surface area contributed by atoms with Crippen molar-refractivity contribution in [3.05, 3.63) is 75.9 Å². The highest BCUT2D eigenvalue weighted by molar-refractivity contribution is 5.58. The molecule has 3 rings (SSSR count). The van der Waals surface area contributed by atoms with Gasteiger partial charge in [-0.1, -0.05) is 6.08 Å². The summed E-state index contributed by atoms with van der Waals surface area (Å²) in [6.07, 6.45) is -5.51. The highest BCUT2D eigenvalue weighted by Gasteiger charge is 2.40. The molecule has 1 saturated carbocycles. The number of halogens is 6. The maximum atomic E-state index is 13.1. The molecular formula is C30H36F6N4O2. The molecule has 1 fully saturated rings. The summed E-state index contributed by atoms with van der Waals surface area (Å²) in [5.41, 5.74) is -3.30. The van der Waals surface area contributed by atoms with Gasteiger partial charge in [-0.2, -0.15) is 31.6 Å². The second kappa shape index (κ2) is 12.6. The molecule has 2 aromatic carbocycles. The Bertz CT molecular complexity index is 1310. The third-order valence-electron chi connectivity index (χ3n) is 6.60. The van der Waals surface area contributed by atoms with E-state index in [-0.39, 0.29) is 16.6 Å². The quantitative estimate of drug-likeness (QED) is 0.138. The van der Waals surface area contributed by atoms with Gasteiger partial charge in [-0.15, -0.1) is 6.58 Å². The van der Waals surface area contributed by atoms with Gasteiger partial charge in [0.2, 0.25) is 0 Å². The lowest BCUT2D eigenvalue weighted by molar-refractivity contribution is -0.388. The molecule has 6 nitrogen and oxygen atoms in total. The minimum absolute atomic E-state index is 0.356. The molecule has 1 aliphatic carbocycles. The summed E-state index contributed by atoms with van der Waals surface area (Å²) in [6, 6.07) is 8.59. The molecule has 230 valence electrons. The van der Waals surface area contributed by atoms with Gasteiger partial charge in [0.15, 0.2) is 0 Å². The van der Waals surface area contributed by atoms with Crippen LogP contribution in [0.2, 0.25) is 0 Å². The number of nitro groups is 1. The fourth-order valence-corrected chi connectivity index (χ4v) is 4.33. The Labute approximate surface area is 242 Å². The van der Waals surface area contributed by atoms with Crippen molar-refractivity contribution in [2.75, 3.05) is 22.9 Å². The Morgan fingerprint density at radius 1 is 0.905 bits per heavy atom. The van der Waals surface area contributed by atoms with E-state index in [1.807, 2.05) is 46.4 Å². The topological polar surface area (TPSA) is 73.4 Å². The molecule has 0 saturated heterocycles. The van der Waals surface area contributed by atoms with Crippen molar-refractivity contribution in [1.82, 2.24) is 0 Å². The maximum Gasteiger partial charge on any atom is 0.423 e. The van der Waals surface area contributed by atoms with Gasteiger partial charge in [0.1, 0.15) is 5.56 Å². The molecule has 0 spiro atoms. The molecule has 0 heterocycles. The summed E-state index contributed by atoms with van der Waals surface area (Å²) in [4.78, 5) is 13.5. The zero-order valence-corrected chi connectivity index (χ0v) is 24.5. The Morgan fingerprint density at radius 3 is 1.79 bits per heavy atom. The molecule has 0 N–H and O–H groups in total. The van der Waals surface area contributed by atoms with Crippen LogP contribution in [-0.4, -0.2) is 29.1 Å². The zero-order valence-electron chi connectivity index (χ0n) is 24.5. The molecule has 0 bridgehead atoms. The molecule has 0 amide bonds. The number of benzene rings is 2. The molecule has 0 unspecified atom stereocenters. The predicted molar refractivity (Wildman–Crippen MR) is 151 cm³/mol. The average Bonchev–Trinajstić information content (AvgIpc) is 3.67. The van der Waals surface area contributed by atoms with Crippen LogP contribution in [0.5, 0.6) is 0 Å². The number of anilines is 2. The zero-order chi connectivity index (χ0) is 32.3. The summed E-state index contributed by atoms with van der Waals surface area (Å²) in [5.74, 6) is 0.490. The highest BCUT2D eigenvalue weighted by atomic mass is 19.4. The number of nitro benzene ring substituents is 1. The number of nitrogens with zero attached hydrogens (tertiary/aromatic N) is 4. The standard InChI is InChI=1S/C15H19F3N2O2.C15H17F3N2/c1-14(2,3)19(9-10-4-5-10)11-6-7-13(20(21)22)12(8-11)15(16,17)18;1-5-8-20(14(2,3)4)12-7-6-11(10-19)13(9-12)15(16,17)18/h6-8,10H,4-5,9H2,1-3H3;5-7,9H,1,8H2,2-4H3. The third-order valence-corrected chi connectivity index (χ3v) is 6.60. The third kappa shape index (κ3) is 9.13. The van der Waals surface area contributed by atoms with E-state index in [2.05, 4.69) is 6.58 Å². The van der Waals surface area contributed by atoms with E-state index in [0.29, 0.717) is 30.4 Å². The summed E-state index contributed by atoms with van der Waals surface area (Å²) in [5, 5.41) is 19.6. The lowest BCUT2D eigenvalue weighted by Crippen LogP contribution is -2.43. The molecule has 0 radical (unpaired) electrons. The number of alkyl halides is 6. The fourth-order valence-electron chi connectivity index (χ4n) is 4.33. The van der Waals surface area contributed by atoms with Gasteiger partial charge in [-0.05, 0) is 90.6 Å². The van der Waals surface area contributed by atoms with Crippen LogP contribution < -0.4 is 9.80 Å². The number of hydrogen-bond acceptors (Lipinski definition) is 5. The van der Waals surface area contributed by atoms with Crippen LogP contribution in [0.25, 0.3) is 0 Å². The minimum atomic E-state index is -4.75. The largest absolute Gasteiger partial charge is 0.423 e. The van der Waals surface area contributed by atoms with Gasteiger partial charge in [0.05, 0.1) is 22.1 Å². The molecule has 42 heavy (non-hydrogen) atoms. The Hall–Kier alpha value is -3.75. The monoisotopic (exact) mass is 598 g/mol. The van der Waals surface area contributed by atoms with E-state index < -0.39 is 34.1 Å². The first-order valence-electron chi connectivity index (χ1n) is 13.2. The van der Waals surface area contributed by atoms with E-state index in [0.717, 1.165) is 31.0 Å². The number of hydrogen-bond donors (Lipinski definition) is 0. The van der Waals surface area contributed by atoms with E-state index >= 15 is 0 Å². The molecule has 2 aromatic rings. The second-order valence-electron chi connectivity index (χ2n) is 12.1. The van der Waals surface area contributed by atoms with E-state index in [4.69, 9.17) is 5.26 Å². The van der Waals surface area contributed by atoms with Gasteiger partial charge in [-0.25, -0.2) is 0 Å². The summed E-state index contributed by atoms with van der Waals surface area (Å²) in [6.45, 7) is 16.2. The predicted octanol–water partition coefficient (Wildman–Crippen LogP) is 9.00. The van der Waals surface area contributed by atoms with Crippen molar-refractivity contribution in [3.8, 4) is 6.07 Å². The first kappa shape index (κ1) is 34.5. The first-order chi connectivity index (χ1) is 19.1. The van der Waals surface area contributed by atoms with Crippen molar-refractivity contribution in [2.24, 2.45) is 5.92 Å². The summed E-state index contributed by atoms with van der Waals surface area (Å²) in [7, 11) is 0. The number of nitriles is 1. The van der Waals surface area contributed by atoms with Gasteiger partial charge >= 0.3 is 12.4 Å². The Morgan fingerprint density at radius 2 is 1.38 bits per heavy atom. The first-order valence-corrected chi connectivity index (χ1v) is 13.2. The van der Waals surface area contributed by atoms with Gasteiger partial charge < -0.3 is 9.80 Å². The van der Waals surface area contributed by atoms with Crippen molar-refractivity contribution < 1.29 is 31.3 Å².